The van der Waals surface area contributed by atoms with Crippen LogP contribution < -0.4 is 5.32 Å². The van der Waals surface area contributed by atoms with Crippen molar-refractivity contribution in [3.8, 4) is 6.07 Å². The Bertz CT molecular complexity index is 282. The highest BCUT2D eigenvalue weighted by Crippen LogP contribution is 2.03. The van der Waals surface area contributed by atoms with Gasteiger partial charge in [-0.3, -0.25) is 4.79 Å². The topological polar surface area (TPSA) is 62.1 Å². The molecule has 0 unspecified atom stereocenters. The fraction of sp³-hybridized carbons (Fsp3) is 0.714. The number of amides is 1. The molecule has 4 nitrogen and oxygen atoms in total. The summed E-state index contributed by atoms with van der Waals surface area (Å²) < 4.78 is 5.38. The van der Waals surface area contributed by atoms with Crippen LogP contribution in [0.1, 0.15) is 45.4 Å². The molecule has 0 aromatic carbocycles. The van der Waals surface area contributed by atoms with Crippen LogP contribution in [-0.2, 0) is 9.53 Å². The van der Waals surface area contributed by atoms with Gasteiger partial charge in [0.25, 0.3) is 5.91 Å². The standard InChI is InChI=1S/C14H24N2O2/c1-3-10-18-11-8-6-4-5-7-9-16-14(17)13(2)12-15/h2-11H2,1H3,(H,16,17). The van der Waals surface area contributed by atoms with Gasteiger partial charge in [0.1, 0.15) is 11.6 Å². The number of ether oxygens (including phenoxy) is 1. The van der Waals surface area contributed by atoms with Crippen molar-refractivity contribution in [1.29, 1.82) is 5.26 Å². The van der Waals surface area contributed by atoms with Crippen LogP contribution in [0.25, 0.3) is 0 Å². The molecule has 0 saturated heterocycles. The molecule has 102 valence electrons. The van der Waals surface area contributed by atoms with Crippen molar-refractivity contribution in [3.63, 3.8) is 0 Å². The highest BCUT2D eigenvalue weighted by atomic mass is 16.5. The zero-order valence-electron chi connectivity index (χ0n) is 11.3. The SMILES string of the molecule is C=C(C#N)C(=O)NCCCCCCCOCCC. The fourth-order valence-corrected chi connectivity index (χ4v) is 1.47. The number of nitrogens with zero attached hydrogens (tertiary/aromatic N) is 1. The van der Waals surface area contributed by atoms with Crippen molar-refractivity contribution >= 4 is 5.91 Å². The number of nitrogens with one attached hydrogen (secondary N) is 1. The van der Waals surface area contributed by atoms with Crippen molar-refractivity contribution < 1.29 is 9.53 Å². The third kappa shape index (κ3) is 9.86. The van der Waals surface area contributed by atoms with E-state index < -0.39 is 0 Å². The van der Waals surface area contributed by atoms with Crippen LogP contribution in [0.3, 0.4) is 0 Å². The highest BCUT2D eigenvalue weighted by Gasteiger charge is 2.03. The van der Waals surface area contributed by atoms with Gasteiger partial charge in [0.2, 0.25) is 0 Å². The Morgan fingerprint density at radius 3 is 2.56 bits per heavy atom. The molecule has 0 aromatic rings. The molecule has 4 heteroatoms. The van der Waals surface area contributed by atoms with E-state index in [9.17, 15) is 4.79 Å². The lowest BCUT2D eigenvalue weighted by Gasteiger charge is -2.04. The van der Waals surface area contributed by atoms with Crippen LogP contribution in [0, 0.1) is 11.3 Å². The molecule has 0 radical (unpaired) electrons. The number of carbonyl (C=O) groups excluding carboxylic acids is 1. The number of hydrogen-bond donors (Lipinski definition) is 1. The normalized spacial score (nSPS) is 9.78. The Kier molecular flexibility index (Phi) is 11.2. The van der Waals surface area contributed by atoms with E-state index in [0.29, 0.717) is 6.54 Å². The Labute approximate surface area is 110 Å². The minimum absolute atomic E-state index is 0.0249. The first-order chi connectivity index (χ1) is 8.72. The van der Waals surface area contributed by atoms with Crippen LogP contribution in [-0.4, -0.2) is 25.7 Å². The summed E-state index contributed by atoms with van der Waals surface area (Å²) in [5.41, 5.74) is -0.0249. The lowest BCUT2D eigenvalue weighted by atomic mass is 10.1. The van der Waals surface area contributed by atoms with E-state index >= 15 is 0 Å². The third-order valence-corrected chi connectivity index (χ3v) is 2.51. The number of nitriles is 1. The summed E-state index contributed by atoms with van der Waals surface area (Å²) in [7, 11) is 0. The first kappa shape index (κ1) is 16.7. The van der Waals surface area contributed by atoms with Crippen molar-refractivity contribution in [2.75, 3.05) is 19.8 Å². The molecule has 0 heterocycles. The highest BCUT2D eigenvalue weighted by molar-refractivity contribution is 5.96. The fourth-order valence-electron chi connectivity index (χ4n) is 1.47. The maximum absolute atomic E-state index is 11.2. The molecule has 0 aromatic heterocycles. The van der Waals surface area contributed by atoms with Crippen molar-refractivity contribution in [1.82, 2.24) is 5.32 Å². The summed E-state index contributed by atoms with van der Waals surface area (Å²) >= 11 is 0. The number of unbranched alkanes of at least 4 members (excludes halogenated alkanes) is 4. The Hall–Kier alpha value is -1.34. The molecule has 18 heavy (non-hydrogen) atoms. The molecule has 0 aliphatic carbocycles. The second kappa shape index (κ2) is 12.1. The van der Waals surface area contributed by atoms with Crippen molar-refractivity contribution in [2.24, 2.45) is 0 Å². The van der Waals surface area contributed by atoms with E-state index in [1.54, 1.807) is 6.07 Å². The molecule has 0 bridgehead atoms. The first-order valence-electron chi connectivity index (χ1n) is 6.67. The predicted molar refractivity (Wildman–Crippen MR) is 72.0 cm³/mol. The van der Waals surface area contributed by atoms with E-state index in [4.69, 9.17) is 10.00 Å². The molecule has 1 N–H and O–H groups in total. The van der Waals surface area contributed by atoms with Gasteiger partial charge >= 0.3 is 0 Å². The maximum atomic E-state index is 11.2. The summed E-state index contributed by atoms with van der Waals surface area (Å²) in [5.74, 6) is -0.356. The van der Waals surface area contributed by atoms with Gasteiger partial charge < -0.3 is 10.1 Å². The second-order valence-corrected chi connectivity index (χ2v) is 4.23. The number of rotatable bonds is 11. The predicted octanol–water partition coefficient (Wildman–Crippen LogP) is 2.56. The maximum Gasteiger partial charge on any atom is 0.261 e. The average Bonchev–Trinajstić information content (AvgIpc) is 2.39. The summed E-state index contributed by atoms with van der Waals surface area (Å²) in [6.45, 7) is 7.78. The van der Waals surface area contributed by atoms with Crippen LogP contribution >= 0.6 is 0 Å². The van der Waals surface area contributed by atoms with E-state index in [-0.39, 0.29) is 11.5 Å². The van der Waals surface area contributed by atoms with Gasteiger partial charge in [0, 0.05) is 19.8 Å². The largest absolute Gasteiger partial charge is 0.381 e. The zero-order chi connectivity index (χ0) is 13.6. The van der Waals surface area contributed by atoms with E-state index in [2.05, 4.69) is 18.8 Å². The summed E-state index contributed by atoms with van der Waals surface area (Å²) in [6, 6.07) is 1.73. The van der Waals surface area contributed by atoms with Gasteiger partial charge in [0.15, 0.2) is 0 Å². The smallest absolute Gasteiger partial charge is 0.261 e. The van der Waals surface area contributed by atoms with Crippen LogP contribution in [0.2, 0.25) is 0 Å². The van der Waals surface area contributed by atoms with Gasteiger partial charge in [-0.2, -0.15) is 5.26 Å². The molecule has 0 aliphatic rings. The van der Waals surface area contributed by atoms with Gasteiger partial charge in [-0.1, -0.05) is 32.8 Å². The number of carbonyl (C=O) groups is 1. The molecule has 0 atom stereocenters. The summed E-state index contributed by atoms with van der Waals surface area (Å²) in [6.07, 6.45) is 6.55. The van der Waals surface area contributed by atoms with E-state index in [1.165, 1.54) is 6.42 Å². The first-order valence-corrected chi connectivity index (χ1v) is 6.67. The quantitative estimate of drug-likeness (QED) is 0.349. The lowest BCUT2D eigenvalue weighted by Crippen LogP contribution is -2.25. The van der Waals surface area contributed by atoms with Gasteiger partial charge in [-0.15, -0.1) is 0 Å². The molecule has 1 amide bonds. The molecule has 0 spiro atoms. The van der Waals surface area contributed by atoms with Crippen molar-refractivity contribution in [3.05, 3.63) is 12.2 Å². The van der Waals surface area contributed by atoms with Gasteiger partial charge in [-0.25, -0.2) is 0 Å². The van der Waals surface area contributed by atoms with Crippen LogP contribution in [0.15, 0.2) is 12.2 Å². The zero-order valence-corrected chi connectivity index (χ0v) is 11.3. The minimum Gasteiger partial charge on any atom is -0.381 e. The minimum atomic E-state index is -0.356. The molecular formula is C14H24N2O2. The Balaban J connectivity index is 3.19. The Morgan fingerprint density at radius 2 is 1.89 bits per heavy atom. The van der Waals surface area contributed by atoms with Gasteiger partial charge in [-0.05, 0) is 19.3 Å². The third-order valence-electron chi connectivity index (χ3n) is 2.51. The monoisotopic (exact) mass is 252 g/mol. The summed E-state index contributed by atoms with van der Waals surface area (Å²) in [4.78, 5) is 11.2. The molecular weight excluding hydrogens is 228 g/mol. The van der Waals surface area contributed by atoms with Crippen LogP contribution in [0.4, 0.5) is 0 Å². The second-order valence-electron chi connectivity index (χ2n) is 4.23. The van der Waals surface area contributed by atoms with E-state index in [1.807, 2.05) is 0 Å². The Morgan fingerprint density at radius 1 is 1.22 bits per heavy atom. The molecule has 0 rings (SSSR count). The molecule has 0 saturated carbocycles. The molecule has 0 fully saturated rings. The van der Waals surface area contributed by atoms with Crippen molar-refractivity contribution in [2.45, 2.75) is 45.4 Å². The average molecular weight is 252 g/mol. The van der Waals surface area contributed by atoms with Gasteiger partial charge in [0.05, 0.1) is 0 Å². The number of hydrogen-bond acceptors (Lipinski definition) is 3. The van der Waals surface area contributed by atoms with Crippen LogP contribution in [0.5, 0.6) is 0 Å². The lowest BCUT2D eigenvalue weighted by molar-refractivity contribution is -0.117. The van der Waals surface area contributed by atoms with E-state index in [0.717, 1.165) is 45.3 Å². The molecule has 0 aliphatic heterocycles. The summed E-state index contributed by atoms with van der Waals surface area (Å²) in [5, 5.41) is 11.1.